The molecule has 1 aliphatic heterocycles. The average Bonchev–Trinajstić information content (AvgIpc) is 2.46. The summed E-state index contributed by atoms with van der Waals surface area (Å²) in [5, 5.41) is 0. The van der Waals surface area contributed by atoms with Gasteiger partial charge >= 0.3 is 0 Å². The minimum atomic E-state index is 0.545. The molecular formula is C17H29N3. The molecule has 0 N–H and O–H groups in total. The van der Waals surface area contributed by atoms with Crippen molar-refractivity contribution in [1.82, 2.24) is 9.88 Å². The van der Waals surface area contributed by atoms with Gasteiger partial charge in [0.2, 0.25) is 0 Å². The normalized spacial score (nSPS) is 20.4. The molecule has 1 aromatic rings. The molecule has 1 saturated heterocycles. The van der Waals surface area contributed by atoms with Gasteiger partial charge in [-0.25, -0.2) is 4.98 Å². The zero-order chi connectivity index (χ0) is 14.5. The molecule has 3 heteroatoms. The summed E-state index contributed by atoms with van der Waals surface area (Å²) in [6.07, 6.45) is 5.86. The lowest BCUT2D eigenvalue weighted by Crippen LogP contribution is -2.37. The van der Waals surface area contributed by atoms with Crippen molar-refractivity contribution in [2.45, 2.75) is 46.1 Å². The predicted molar refractivity (Wildman–Crippen MR) is 86.2 cm³/mol. The van der Waals surface area contributed by atoms with Crippen LogP contribution in [0.15, 0.2) is 18.3 Å². The van der Waals surface area contributed by atoms with Gasteiger partial charge in [-0.3, -0.25) is 4.90 Å². The third-order valence-electron chi connectivity index (χ3n) is 4.23. The van der Waals surface area contributed by atoms with E-state index in [0.29, 0.717) is 6.04 Å². The molecular weight excluding hydrogens is 246 g/mol. The Kier molecular flexibility index (Phi) is 5.41. The number of aromatic nitrogens is 1. The molecule has 1 fully saturated rings. The maximum Gasteiger partial charge on any atom is 0.133 e. The van der Waals surface area contributed by atoms with Crippen molar-refractivity contribution in [2.75, 3.05) is 31.6 Å². The quantitative estimate of drug-likeness (QED) is 0.816. The van der Waals surface area contributed by atoms with E-state index in [9.17, 15) is 0 Å². The van der Waals surface area contributed by atoms with Crippen LogP contribution >= 0.6 is 0 Å². The summed E-state index contributed by atoms with van der Waals surface area (Å²) < 4.78 is 0. The van der Waals surface area contributed by atoms with Crippen molar-refractivity contribution in [3.63, 3.8) is 0 Å². The maximum atomic E-state index is 4.64. The molecule has 0 spiro atoms. The lowest BCUT2D eigenvalue weighted by molar-refractivity contribution is 0.132. The molecule has 0 bridgehead atoms. The summed E-state index contributed by atoms with van der Waals surface area (Å²) in [5.41, 5.74) is 1.41. The Morgan fingerprint density at radius 1 is 1.40 bits per heavy atom. The molecule has 2 rings (SSSR count). The minimum Gasteiger partial charge on any atom is -0.360 e. The lowest BCUT2D eigenvalue weighted by Gasteiger charge is -2.38. The highest BCUT2D eigenvalue weighted by molar-refractivity contribution is 5.47. The predicted octanol–water partition coefficient (Wildman–Crippen LogP) is 3.72. The van der Waals surface area contributed by atoms with E-state index in [-0.39, 0.29) is 0 Å². The standard InChI is InChI=1S/C17H29N3/c1-5-19(4)17-15(9-8-11-18-17)16-10-6-7-12-20(16)13-14(2)3/h8-9,11,14,16H,5-7,10,12-13H2,1-4H3. The number of piperidine rings is 1. The van der Waals surface area contributed by atoms with E-state index in [1.165, 1.54) is 37.9 Å². The van der Waals surface area contributed by atoms with Crippen LogP contribution in [0.3, 0.4) is 0 Å². The number of hydrogen-bond acceptors (Lipinski definition) is 3. The van der Waals surface area contributed by atoms with Crippen LogP contribution in [0.2, 0.25) is 0 Å². The van der Waals surface area contributed by atoms with Crippen LogP contribution < -0.4 is 4.90 Å². The third-order valence-corrected chi connectivity index (χ3v) is 4.23. The highest BCUT2D eigenvalue weighted by atomic mass is 15.2. The Morgan fingerprint density at radius 2 is 2.20 bits per heavy atom. The van der Waals surface area contributed by atoms with Crippen molar-refractivity contribution in [1.29, 1.82) is 0 Å². The van der Waals surface area contributed by atoms with Crippen LogP contribution in [0.5, 0.6) is 0 Å². The molecule has 20 heavy (non-hydrogen) atoms. The Hall–Kier alpha value is -1.09. The Balaban J connectivity index is 2.27. The van der Waals surface area contributed by atoms with Crippen molar-refractivity contribution in [3.8, 4) is 0 Å². The summed E-state index contributed by atoms with van der Waals surface area (Å²) in [4.78, 5) is 9.56. The van der Waals surface area contributed by atoms with Crippen molar-refractivity contribution >= 4 is 5.82 Å². The number of rotatable bonds is 5. The number of likely N-dealkylation sites (tertiary alicyclic amines) is 1. The molecule has 0 radical (unpaired) electrons. The summed E-state index contributed by atoms with van der Waals surface area (Å²) in [5.74, 6) is 1.88. The Bertz CT molecular complexity index is 416. The topological polar surface area (TPSA) is 19.4 Å². The van der Waals surface area contributed by atoms with E-state index in [1.807, 2.05) is 6.20 Å². The van der Waals surface area contributed by atoms with Gasteiger partial charge < -0.3 is 4.90 Å². The van der Waals surface area contributed by atoms with Gasteiger partial charge in [-0.15, -0.1) is 0 Å². The second kappa shape index (κ2) is 7.07. The summed E-state index contributed by atoms with van der Waals surface area (Å²) >= 11 is 0. The lowest BCUT2D eigenvalue weighted by atomic mass is 9.94. The van der Waals surface area contributed by atoms with E-state index in [2.05, 4.69) is 54.7 Å². The van der Waals surface area contributed by atoms with E-state index in [1.54, 1.807) is 0 Å². The molecule has 1 atom stereocenters. The van der Waals surface area contributed by atoms with Crippen molar-refractivity contribution in [3.05, 3.63) is 23.9 Å². The first-order chi connectivity index (χ1) is 9.63. The molecule has 3 nitrogen and oxygen atoms in total. The van der Waals surface area contributed by atoms with E-state index < -0.39 is 0 Å². The van der Waals surface area contributed by atoms with Crippen LogP contribution in [0.4, 0.5) is 5.82 Å². The van der Waals surface area contributed by atoms with Gasteiger partial charge in [0, 0.05) is 37.9 Å². The highest BCUT2D eigenvalue weighted by Crippen LogP contribution is 2.35. The molecule has 0 saturated carbocycles. The van der Waals surface area contributed by atoms with Crippen molar-refractivity contribution < 1.29 is 0 Å². The molecule has 1 aliphatic rings. The van der Waals surface area contributed by atoms with E-state index in [0.717, 1.165) is 18.3 Å². The molecule has 0 aromatic carbocycles. The number of anilines is 1. The van der Waals surface area contributed by atoms with E-state index in [4.69, 9.17) is 0 Å². The van der Waals surface area contributed by atoms with Gasteiger partial charge in [-0.2, -0.15) is 0 Å². The van der Waals surface area contributed by atoms with Crippen LogP contribution in [-0.2, 0) is 0 Å². The van der Waals surface area contributed by atoms with Crippen LogP contribution in [0, 0.1) is 5.92 Å². The largest absolute Gasteiger partial charge is 0.360 e. The highest BCUT2D eigenvalue weighted by Gasteiger charge is 2.27. The molecule has 0 amide bonds. The minimum absolute atomic E-state index is 0.545. The van der Waals surface area contributed by atoms with Gasteiger partial charge in [0.25, 0.3) is 0 Å². The fraction of sp³-hybridized carbons (Fsp3) is 0.706. The molecule has 112 valence electrons. The van der Waals surface area contributed by atoms with Gasteiger partial charge in [0.15, 0.2) is 0 Å². The maximum absolute atomic E-state index is 4.64. The second-order valence-corrected chi connectivity index (χ2v) is 6.33. The Labute approximate surface area is 124 Å². The first-order valence-corrected chi connectivity index (χ1v) is 8.03. The zero-order valence-electron chi connectivity index (χ0n) is 13.5. The van der Waals surface area contributed by atoms with Gasteiger partial charge in [-0.1, -0.05) is 26.3 Å². The number of nitrogens with zero attached hydrogens (tertiary/aromatic N) is 3. The molecule has 0 aliphatic carbocycles. The third kappa shape index (κ3) is 3.51. The first-order valence-electron chi connectivity index (χ1n) is 8.03. The SMILES string of the molecule is CCN(C)c1ncccc1C1CCCCN1CC(C)C. The van der Waals surface area contributed by atoms with E-state index >= 15 is 0 Å². The van der Waals surface area contributed by atoms with Crippen LogP contribution in [-0.4, -0.2) is 36.6 Å². The van der Waals surface area contributed by atoms with Gasteiger partial charge in [0.05, 0.1) is 0 Å². The summed E-state index contributed by atoms with van der Waals surface area (Å²) in [6.45, 7) is 10.2. The average molecular weight is 275 g/mol. The second-order valence-electron chi connectivity index (χ2n) is 6.33. The zero-order valence-corrected chi connectivity index (χ0v) is 13.5. The molecule has 1 aromatic heterocycles. The Morgan fingerprint density at radius 3 is 2.90 bits per heavy atom. The van der Waals surface area contributed by atoms with Gasteiger partial charge in [0.1, 0.15) is 5.82 Å². The van der Waals surface area contributed by atoms with Crippen LogP contribution in [0.1, 0.15) is 51.6 Å². The fourth-order valence-electron chi connectivity index (χ4n) is 3.17. The fourth-order valence-corrected chi connectivity index (χ4v) is 3.17. The summed E-state index contributed by atoms with van der Waals surface area (Å²) in [6, 6.07) is 4.91. The molecule has 2 heterocycles. The molecule has 1 unspecified atom stereocenters. The summed E-state index contributed by atoms with van der Waals surface area (Å²) in [7, 11) is 2.14. The van der Waals surface area contributed by atoms with Gasteiger partial charge in [-0.05, 0) is 38.3 Å². The number of pyridine rings is 1. The smallest absolute Gasteiger partial charge is 0.133 e. The van der Waals surface area contributed by atoms with Crippen molar-refractivity contribution in [2.24, 2.45) is 5.92 Å². The monoisotopic (exact) mass is 275 g/mol. The first kappa shape index (κ1) is 15.3. The van der Waals surface area contributed by atoms with Crippen LogP contribution in [0.25, 0.3) is 0 Å². The number of hydrogen-bond donors (Lipinski definition) is 0.